The van der Waals surface area contributed by atoms with Crippen LogP contribution in [0, 0.1) is 0 Å². The van der Waals surface area contributed by atoms with Gasteiger partial charge < -0.3 is 10.0 Å². The normalized spacial score (nSPS) is 12.4. The second-order valence-electron chi connectivity index (χ2n) is 7.65. The van der Waals surface area contributed by atoms with Gasteiger partial charge in [-0.3, -0.25) is 14.4 Å². The van der Waals surface area contributed by atoms with Gasteiger partial charge in [0.25, 0.3) is 5.78 Å². The fourth-order valence-corrected chi connectivity index (χ4v) is 3.85. The minimum atomic E-state index is -0.452. The molecule has 0 radical (unpaired) electrons. The Hall–Kier alpha value is -3.62. The van der Waals surface area contributed by atoms with E-state index in [-0.39, 0.29) is 0 Å². The first-order chi connectivity index (χ1) is 15.5. The molecule has 9 heteroatoms. The summed E-state index contributed by atoms with van der Waals surface area (Å²) in [5, 5.41) is 19.2. The third-order valence-corrected chi connectivity index (χ3v) is 5.49. The molecule has 5 rings (SSSR count). The Balaban J connectivity index is 1.55. The van der Waals surface area contributed by atoms with Crippen LogP contribution in [0.5, 0.6) is 0 Å². The first-order valence-corrected chi connectivity index (χ1v) is 10.5. The van der Waals surface area contributed by atoms with Gasteiger partial charge in [-0.05, 0) is 37.3 Å². The zero-order valence-corrected chi connectivity index (χ0v) is 18.3. The van der Waals surface area contributed by atoms with E-state index in [0.29, 0.717) is 17.2 Å². The zero-order chi connectivity index (χ0) is 22.2. The van der Waals surface area contributed by atoms with Crippen molar-refractivity contribution in [1.29, 1.82) is 0 Å². The summed E-state index contributed by atoms with van der Waals surface area (Å²) in [5.41, 5.74) is 4.26. The van der Waals surface area contributed by atoms with Crippen molar-refractivity contribution in [2.24, 2.45) is 0 Å². The molecule has 0 aliphatic carbocycles. The summed E-state index contributed by atoms with van der Waals surface area (Å²) in [4.78, 5) is 15.7. The van der Waals surface area contributed by atoms with E-state index < -0.39 is 6.10 Å². The highest BCUT2D eigenvalue weighted by Gasteiger charge is 2.15. The van der Waals surface area contributed by atoms with Crippen molar-refractivity contribution in [2.45, 2.75) is 19.4 Å². The fraction of sp³-hybridized carbons (Fsp3) is 0.174. The molecule has 0 saturated carbocycles. The van der Waals surface area contributed by atoms with Crippen LogP contribution in [0.3, 0.4) is 0 Å². The van der Waals surface area contributed by atoms with Gasteiger partial charge in [0.1, 0.15) is 12.1 Å². The van der Waals surface area contributed by atoms with E-state index in [9.17, 15) is 5.11 Å². The van der Waals surface area contributed by atoms with Crippen LogP contribution in [0.1, 0.15) is 12.6 Å². The summed E-state index contributed by atoms with van der Waals surface area (Å²) in [6, 6.07) is 13.7. The van der Waals surface area contributed by atoms with Crippen molar-refractivity contribution in [2.75, 3.05) is 11.9 Å². The third kappa shape index (κ3) is 3.74. The van der Waals surface area contributed by atoms with Crippen LogP contribution in [-0.4, -0.2) is 47.8 Å². The van der Waals surface area contributed by atoms with Crippen LogP contribution in [0.2, 0.25) is 5.02 Å². The summed E-state index contributed by atoms with van der Waals surface area (Å²) in [6.45, 7) is 1.73. The van der Waals surface area contributed by atoms with Gasteiger partial charge in [-0.1, -0.05) is 23.7 Å². The average molecular weight is 446 g/mol. The Morgan fingerprint density at radius 3 is 2.78 bits per heavy atom. The summed E-state index contributed by atoms with van der Waals surface area (Å²) >= 11 is 6.25. The molecule has 1 N–H and O–H groups in total. The van der Waals surface area contributed by atoms with E-state index in [1.165, 1.54) is 0 Å². The lowest BCUT2D eigenvalue weighted by atomic mass is 10.1. The van der Waals surface area contributed by atoms with Crippen LogP contribution >= 0.6 is 11.6 Å². The molecule has 2 aromatic carbocycles. The number of hydrogen-bond donors (Lipinski definition) is 1. The predicted octanol–water partition coefficient (Wildman–Crippen LogP) is 4.08. The molecule has 5 aromatic rings. The van der Waals surface area contributed by atoms with Crippen molar-refractivity contribution in [3.63, 3.8) is 0 Å². The maximum Gasteiger partial charge on any atom is 0.257 e. The Bertz CT molecular complexity index is 1420. The first-order valence-electron chi connectivity index (χ1n) is 10.1. The number of aliphatic hydroxyl groups excluding tert-OH is 1. The number of nitrogens with zero attached hydrogens (tertiary/aromatic N) is 7. The molecule has 32 heavy (non-hydrogen) atoms. The Morgan fingerprint density at radius 2 is 2.00 bits per heavy atom. The molecule has 0 fully saturated rings. The summed E-state index contributed by atoms with van der Waals surface area (Å²) in [5.74, 6) is 1.24. The number of benzene rings is 2. The molecular weight excluding hydrogens is 426 g/mol. The second-order valence-corrected chi connectivity index (χ2v) is 8.09. The molecule has 8 nitrogen and oxygen atoms in total. The molecule has 1 atom stereocenters. The standard InChI is InChI=1S/C23H20ClN7O/c1-14(32)8-17-11-26-20(12-25-17)15-4-3-5-18(9-15)30(2)22-19-7-6-16(24)10-21(19)31-13-27-29-23(31)28-22/h3-7,9-14,32H,8H2,1-2H3. The smallest absolute Gasteiger partial charge is 0.257 e. The maximum atomic E-state index is 9.54. The highest BCUT2D eigenvalue weighted by atomic mass is 35.5. The molecule has 0 saturated heterocycles. The average Bonchev–Trinajstić information content (AvgIpc) is 3.27. The number of aliphatic hydroxyl groups is 1. The third-order valence-electron chi connectivity index (χ3n) is 5.25. The summed E-state index contributed by atoms with van der Waals surface area (Å²) < 4.78 is 1.82. The van der Waals surface area contributed by atoms with Gasteiger partial charge in [-0.25, -0.2) is 0 Å². The molecule has 0 aliphatic rings. The van der Waals surface area contributed by atoms with E-state index in [1.54, 1.807) is 25.6 Å². The molecule has 1 unspecified atom stereocenters. The minimum Gasteiger partial charge on any atom is -0.393 e. The number of halogens is 1. The molecular formula is C23H20ClN7O. The molecule has 3 aromatic heterocycles. The Morgan fingerprint density at radius 1 is 1.12 bits per heavy atom. The molecule has 0 aliphatic heterocycles. The lowest BCUT2D eigenvalue weighted by Crippen LogP contribution is -2.13. The monoisotopic (exact) mass is 445 g/mol. The Labute approximate surface area is 189 Å². The van der Waals surface area contributed by atoms with Gasteiger partial charge >= 0.3 is 0 Å². The van der Waals surface area contributed by atoms with E-state index >= 15 is 0 Å². The largest absolute Gasteiger partial charge is 0.393 e. The van der Waals surface area contributed by atoms with Crippen LogP contribution in [0.25, 0.3) is 27.9 Å². The highest BCUT2D eigenvalue weighted by Crippen LogP contribution is 2.33. The number of hydrogen-bond acceptors (Lipinski definition) is 7. The minimum absolute atomic E-state index is 0.452. The first kappa shape index (κ1) is 20.3. The van der Waals surface area contributed by atoms with Crippen molar-refractivity contribution < 1.29 is 5.11 Å². The molecule has 0 bridgehead atoms. The molecule has 0 amide bonds. The molecule has 160 valence electrons. The van der Waals surface area contributed by atoms with E-state index in [0.717, 1.165) is 39.4 Å². The molecule has 3 heterocycles. The van der Waals surface area contributed by atoms with Crippen molar-refractivity contribution in [3.8, 4) is 11.3 Å². The lowest BCUT2D eigenvalue weighted by molar-refractivity contribution is 0.194. The van der Waals surface area contributed by atoms with Crippen LogP contribution < -0.4 is 4.90 Å². The van der Waals surface area contributed by atoms with E-state index in [2.05, 4.69) is 20.2 Å². The van der Waals surface area contributed by atoms with Crippen molar-refractivity contribution in [3.05, 3.63) is 71.9 Å². The molecule has 0 spiro atoms. The SMILES string of the molecule is CC(O)Cc1cnc(-c2cccc(N(C)c3nc4nncn4c4cc(Cl)ccc34)c2)cn1. The number of fused-ring (bicyclic) bond motifs is 3. The van der Waals surface area contributed by atoms with Gasteiger partial charge in [0.15, 0.2) is 0 Å². The number of rotatable bonds is 5. The highest BCUT2D eigenvalue weighted by molar-refractivity contribution is 6.31. The van der Waals surface area contributed by atoms with Gasteiger partial charge in [0.2, 0.25) is 0 Å². The lowest BCUT2D eigenvalue weighted by Gasteiger charge is -2.21. The maximum absolute atomic E-state index is 9.54. The summed E-state index contributed by atoms with van der Waals surface area (Å²) in [6.07, 6.45) is 5.09. The zero-order valence-electron chi connectivity index (χ0n) is 17.5. The van der Waals surface area contributed by atoms with Gasteiger partial charge in [-0.15, -0.1) is 10.2 Å². The van der Waals surface area contributed by atoms with Crippen LogP contribution in [0.15, 0.2) is 61.2 Å². The van der Waals surface area contributed by atoms with Crippen molar-refractivity contribution in [1.82, 2.24) is 29.5 Å². The number of aromatic nitrogens is 6. The second kappa shape index (κ2) is 8.14. The van der Waals surface area contributed by atoms with Crippen LogP contribution in [-0.2, 0) is 6.42 Å². The predicted molar refractivity (Wildman–Crippen MR) is 124 cm³/mol. The van der Waals surface area contributed by atoms with E-state index in [4.69, 9.17) is 16.6 Å². The van der Waals surface area contributed by atoms with Gasteiger partial charge in [0.05, 0.1) is 29.2 Å². The Kier molecular flexibility index (Phi) is 5.16. The van der Waals surface area contributed by atoms with E-state index in [1.807, 2.05) is 58.8 Å². The fourth-order valence-electron chi connectivity index (χ4n) is 3.69. The quantitative estimate of drug-likeness (QED) is 0.435. The topological polar surface area (TPSA) is 92.3 Å². The van der Waals surface area contributed by atoms with Gasteiger partial charge in [-0.2, -0.15) is 4.98 Å². The summed E-state index contributed by atoms with van der Waals surface area (Å²) in [7, 11) is 1.96. The van der Waals surface area contributed by atoms with Crippen LogP contribution in [0.4, 0.5) is 11.5 Å². The number of anilines is 2. The van der Waals surface area contributed by atoms with Gasteiger partial charge in [0, 0.05) is 41.3 Å². The van der Waals surface area contributed by atoms with Crippen molar-refractivity contribution >= 4 is 39.8 Å².